The van der Waals surface area contributed by atoms with E-state index >= 15 is 9.18 Å². The number of fused-ring (bicyclic) bond motifs is 4. The SMILES string of the molecule is O=C1[C@@H]2C[C@@H]3C(=CC[C@@H]4C(=O)N(c5cccc([N+](=O)[O-])c5)C(=O)[C@@H]43)[C@H](c3ccc(O)c(F)c3)[C@]2(c2ccc(Cl)cc2)C(=O)N1Nc1ccc(F)cc1. The van der Waals surface area contributed by atoms with Gasteiger partial charge in [-0.3, -0.25) is 34.7 Å². The second-order valence-corrected chi connectivity index (χ2v) is 13.8. The van der Waals surface area contributed by atoms with Gasteiger partial charge in [-0.05, 0) is 84.5 Å². The summed E-state index contributed by atoms with van der Waals surface area (Å²) in [5.74, 6) is -9.61. The van der Waals surface area contributed by atoms with Crippen LogP contribution in [0.5, 0.6) is 5.75 Å². The average Bonchev–Trinajstić information content (AvgIpc) is 3.51. The van der Waals surface area contributed by atoms with E-state index in [4.69, 9.17) is 11.6 Å². The number of rotatable bonds is 6. The summed E-state index contributed by atoms with van der Waals surface area (Å²) in [6.45, 7) is 0. The van der Waals surface area contributed by atoms with Gasteiger partial charge in [0, 0.05) is 23.1 Å². The fraction of sp³-hybridized carbons (Fsp3) is 0.211. The molecule has 0 radical (unpaired) electrons. The molecule has 2 aliphatic heterocycles. The summed E-state index contributed by atoms with van der Waals surface area (Å²) < 4.78 is 29.1. The van der Waals surface area contributed by atoms with Gasteiger partial charge in [0.05, 0.1) is 39.5 Å². The van der Waals surface area contributed by atoms with E-state index in [9.17, 15) is 34.0 Å². The Kier molecular flexibility index (Phi) is 7.72. The second-order valence-electron chi connectivity index (χ2n) is 13.4. The number of nitro benzene ring substituents is 1. The highest BCUT2D eigenvalue weighted by molar-refractivity contribution is 6.30. The number of halogens is 3. The monoisotopic (exact) mass is 724 g/mol. The Balaban J connectivity index is 1.31. The van der Waals surface area contributed by atoms with E-state index in [0.29, 0.717) is 16.2 Å². The topological polar surface area (TPSA) is 150 Å². The quantitative estimate of drug-likeness (QED) is 0.100. The van der Waals surface area contributed by atoms with E-state index in [-0.39, 0.29) is 35.5 Å². The molecule has 8 rings (SSSR count). The number of nitrogens with one attached hydrogen (secondary N) is 1. The van der Waals surface area contributed by atoms with Crippen molar-refractivity contribution < 1.29 is 38.0 Å². The van der Waals surface area contributed by atoms with E-state index < -0.39 is 80.9 Å². The molecule has 4 aromatic carbocycles. The number of phenols is 1. The van der Waals surface area contributed by atoms with Crippen LogP contribution in [-0.4, -0.2) is 38.7 Å². The van der Waals surface area contributed by atoms with Crippen LogP contribution < -0.4 is 10.3 Å². The highest BCUT2D eigenvalue weighted by atomic mass is 35.5. The van der Waals surface area contributed by atoms with Crippen LogP contribution in [0, 0.1) is 45.4 Å². The van der Waals surface area contributed by atoms with Crippen molar-refractivity contribution in [2.24, 2.45) is 23.7 Å². The van der Waals surface area contributed by atoms with Crippen molar-refractivity contribution in [1.82, 2.24) is 5.01 Å². The number of hydrogen-bond acceptors (Lipinski definition) is 8. The van der Waals surface area contributed by atoms with E-state index in [2.05, 4.69) is 5.43 Å². The number of aromatic hydroxyl groups is 1. The van der Waals surface area contributed by atoms with Gasteiger partial charge >= 0.3 is 0 Å². The lowest BCUT2D eigenvalue weighted by Gasteiger charge is -2.50. The Bertz CT molecular complexity index is 2250. The van der Waals surface area contributed by atoms with Gasteiger partial charge in [-0.15, -0.1) is 0 Å². The Labute approximate surface area is 299 Å². The van der Waals surface area contributed by atoms with E-state index in [1.165, 1.54) is 36.4 Å². The molecule has 11 nitrogen and oxygen atoms in total. The van der Waals surface area contributed by atoms with E-state index in [0.717, 1.165) is 40.2 Å². The molecule has 2 heterocycles. The van der Waals surface area contributed by atoms with Crippen molar-refractivity contribution >= 4 is 52.3 Å². The molecule has 14 heteroatoms. The summed E-state index contributed by atoms with van der Waals surface area (Å²) in [4.78, 5) is 69.9. The highest BCUT2D eigenvalue weighted by Crippen LogP contribution is 2.64. The van der Waals surface area contributed by atoms with Crippen LogP contribution >= 0.6 is 11.6 Å². The molecule has 1 saturated carbocycles. The molecule has 0 bridgehead atoms. The number of nitro groups is 1. The van der Waals surface area contributed by atoms with Crippen LogP contribution in [0.15, 0.2) is 103 Å². The third kappa shape index (κ3) is 4.83. The minimum Gasteiger partial charge on any atom is -0.505 e. The Morgan fingerprint density at radius 3 is 2.31 bits per heavy atom. The lowest BCUT2D eigenvalue weighted by Crippen LogP contribution is -2.53. The first kappa shape index (κ1) is 33.2. The van der Waals surface area contributed by atoms with Crippen molar-refractivity contribution in [3.05, 3.63) is 141 Å². The first-order valence-electron chi connectivity index (χ1n) is 16.4. The van der Waals surface area contributed by atoms with Gasteiger partial charge in [-0.25, -0.2) is 13.7 Å². The normalized spacial score (nSPS) is 26.5. The molecule has 2 N–H and O–H groups in total. The lowest BCUT2D eigenvalue weighted by molar-refractivity contribution is -0.384. The summed E-state index contributed by atoms with van der Waals surface area (Å²) in [7, 11) is 0. The summed E-state index contributed by atoms with van der Waals surface area (Å²) in [6, 6.07) is 20.3. The van der Waals surface area contributed by atoms with Crippen molar-refractivity contribution in [2.45, 2.75) is 24.2 Å². The predicted molar refractivity (Wildman–Crippen MR) is 183 cm³/mol. The van der Waals surface area contributed by atoms with Gasteiger partial charge in [0.25, 0.3) is 17.5 Å². The van der Waals surface area contributed by atoms with Gasteiger partial charge in [0.1, 0.15) is 5.82 Å². The lowest BCUT2D eigenvalue weighted by atomic mass is 9.49. The molecule has 262 valence electrons. The number of carbonyl (C=O) groups is 4. The zero-order chi connectivity index (χ0) is 36.6. The van der Waals surface area contributed by atoms with Crippen LogP contribution in [0.4, 0.5) is 25.8 Å². The third-order valence-corrected chi connectivity index (χ3v) is 11.1. The molecule has 0 spiro atoms. The molecule has 4 aromatic rings. The van der Waals surface area contributed by atoms with E-state index in [1.807, 2.05) is 0 Å². The Morgan fingerprint density at radius 2 is 1.62 bits per heavy atom. The molecular weight excluding hydrogens is 698 g/mol. The van der Waals surface area contributed by atoms with Gasteiger partial charge in [0.2, 0.25) is 11.8 Å². The zero-order valence-corrected chi connectivity index (χ0v) is 27.7. The maximum absolute atomic E-state index is 15.3. The van der Waals surface area contributed by atoms with Gasteiger partial charge in [-0.2, -0.15) is 5.01 Å². The number of hydrazine groups is 1. The molecule has 4 amide bonds. The smallest absolute Gasteiger partial charge is 0.271 e. The number of amides is 4. The molecule has 2 aliphatic carbocycles. The Morgan fingerprint density at radius 1 is 0.885 bits per heavy atom. The molecule has 6 atom stereocenters. The molecule has 0 unspecified atom stereocenters. The standard InChI is InChI=1S/C38H27ClF2N4O7/c39-21-7-5-20(6-8-21)38-29(35(48)44(37(38)50)42-23-11-9-22(40)10-12-23)18-28-26(33(38)19-4-15-31(46)30(41)16-19)13-14-27-32(28)36(49)43(34(27)47)24-2-1-3-25(17-24)45(51)52/h1-13,15-17,27-29,32-33,42,46H,14,18H2/t27-,28+,29-,32-,33-,38+/m0/s1. The molecule has 0 aromatic heterocycles. The molecule has 2 saturated heterocycles. The number of hydrogen-bond donors (Lipinski definition) is 2. The zero-order valence-electron chi connectivity index (χ0n) is 26.9. The number of allylic oxidation sites excluding steroid dienone is 2. The summed E-state index contributed by atoms with van der Waals surface area (Å²) in [5.41, 5.74) is 2.21. The summed E-state index contributed by atoms with van der Waals surface area (Å²) >= 11 is 6.28. The van der Waals surface area contributed by atoms with Crippen molar-refractivity contribution in [1.29, 1.82) is 0 Å². The van der Waals surface area contributed by atoms with Crippen molar-refractivity contribution in [3.8, 4) is 5.75 Å². The third-order valence-electron chi connectivity index (χ3n) is 10.9. The Hall–Kier alpha value is -5.95. The van der Waals surface area contributed by atoms with Gasteiger partial charge in [0.15, 0.2) is 11.6 Å². The van der Waals surface area contributed by atoms with Crippen LogP contribution in [-0.2, 0) is 24.6 Å². The summed E-state index contributed by atoms with van der Waals surface area (Å²) in [5, 5.41) is 22.9. The van der Waals surface area contributed by atoms with Gasteiger partial charge in [-0.1, -0.05) is 47.5 Å². The highest BCUT2D eigenvalue weighted by Gasteiger charge is 2.70. The fourth-order valence-electron chi connectivity index (χ4n) is 8.73. The number of non-ortho nitro benzene ring substituents is 1. The number of anilines is 2. The largest absolute Gasteiger partial charge is 0.505 e. The second kappa shape index (κ2) is 12.1. The number of nitrogens with zero attached hydrogens (tertiary/aromatic N) is 3. The average molecular weight is 725 g/mol. The molecule has 4 aliphatic rings. The first-order valence-corrected chi connectivity index (χ1v) is 16.8. The van der Waals surface area contributed by atoms with Gasteiger partial charge < -0.3 is 5.11 Å². The van der Waals surface area contributed by atoms with Crippen LogP contribution in [0.2, 0.25) is 5.02 Å². The maximum Gasteiger partial charge on any atom is 0.271 e. The number of imide groups is 2. The first-order chi connectivity index (χ1) is 24.9. The van der Waals surface area contributed by atoms with Crippen LogP contribution in [0.1, 0.15) is 29.9 Å². The number of phenolic OH excluding ortho intramolecular Hbond substituents is 1. The van der Waals surface area contributed by atoms with Crippen LogP contribution in [0.3, 0.4) is 0 Å². The number of carbonyl (C=O) groups excluding carboxylic acids is 4. The molecule has 3 fully saturated rings. The minimum absolute atomic E-state index is 0.0328. The fourth-order valence-corrected chi connectivity index (χ4v) is 8.86. The molecule has 52 heavy (non-hydrogen) atoms. The van der Waals surface area contributed by atoms with Crippen molar-refractivity contribution in [2.75, 3.05) is 10.3 Å². The van der Waals surface area contributed by atoms with E-state index in [1.54, 1.807) is 30.3 Å². The number of benzene rings is 4. The minimum atomic E-state index is -1.74. The van der Waals surface area contributed by atoms with Crippen molar-refractivity contribution in [3.63, 3.8) is 0 Å². The maximum atomic E-state index is 15.3. The van der Waals surface area contributed by atoms with Crippen LogP contribution in [0.25, 0.3) is 0 Å². The molecular formula is C38H27ClF2N4O7. The summed E-state index contributed by atoms with van der Waals surface area (Å²) in [6.07, 6.45) is 1.76. The predicted octanol–water partition coefficient (Wildman–Crippen LogP) is 6.42.